The van der Waals surface area contributed by atoms with Crippen molar-refractivity contribution in [1.82, 2.24) is 0 Å². The van der Waals surface area contributed by atoms with Crippen LogP contribution in [0.5, 0.6) is 0 Å². The molecule has 1 fully saturated rings. The zero-order valence-electron chi connectivity index (χ0n) is 12.4. The third-order valence-corrected chi connectivity index (χ3v) is 3.75. The van der Waals surface area contributed by atoms with Gasteiger partial charge in [0.05, 0.1) is 26.4 Å². The maximum atomic E-state index is 12.1. The van der Waals surface area contributed by atoms with Gasteiger partial charge in [0, 0.05) is 6.61 Å². The summed E-state index contributed by atoms with van der Waals surface area (Å²) in [5, 5.41) is 0. The summed E-state index contributed by atoms with van der Waals surface area (Å²) >= 11 is 0. The van der Waals surface area contributed by atoms with Gasteiger partial charge in [-0.1, -0.05) is 30.3 Å². The molecular formula is C16H23NO4. The highest BCUT2D eigenvalue weighted by atomic mass is 16.5. The van der Waals surface area contributed by atoms with E-state index in [1.54, 1.807) is 12.1 Å². The molecule has 0 aliphatic carbocycles. The third-order valence-electron chi connectivity index (χ3n) is 3.75. The maximum Gasteiger partial charge on any atom is 0.332 e. The first kappa shape index (κ1) is 15.9. The number of hydrogen-bond donors (Lipinski definition) is 1. The van der Waals surface area contributed by atoms with E-state index in [2.05, 4.69) is 0 Å². The smallest absolute Gasteiger partial charge is 0.332 e. The van der Waals surface area contributed by atoms with Crippen molar-refractivity contribution in [3.63, 3.8) is 0 Å². The average molecular weight is 293 g/mol. The quantitative estimate of drug-likeness (QED) is 0.807. The number of nitrogens with two attached hydrogens (primary N) is 1. The van der Waals surface area contributed by atoms with Gasteiger partial charge in [0.1, 0.15) is 0 Å². The molecule has 0 radical (unpaired) electrons. The number of hydrogen-bond acceptors (Lipinski definition) is 5. The molecule has 1 saturated heterocycles. The van der Waals surface area contributed by atoms with E-state index in [9.17, 15) is 4.79 Å². The van der Waals surface area contributed by atoms with Crippen LogP contribution in [0, 0.1) is 0 Å². The zero-order chi connectivity index (χ0) is 15.1. The fourth-order valence-corrected chi connectivity index (χ4v) is 2.47. The molecule has 1 aromatic carbocycles. The fourth-order valence-electron chi connectivity index (χ4n) is 2.47. The lowest BCUT2D eigenvalue weighted by molar-refractivity contribution is -0.151. The lowest BCUT2D eigenvalue weighted by Crippen LogP contribution is -2.50. The lowest BCUT2D eigenvalue weighted by Gasteiger charge is -2.28. The van der Waals surface area contributed by atoms with Crippen molar-refractivity contribution < 1.29 is 19.0 Å². The van der Waals surface area contributed by atoms with Gasteiger partial charge in [-0.3, -0.25) is 0 Å². The summed E-state index contributed by atoms with van der Waals surface area (Å²) in [6.45, 7) is 1.30. The minimum atomic E-state index is -1.29. The molecule has 21 heavy (non-hydrogen) atoms. The van der Waals surface area contributed by atoms with Crippen molar-refractivity contribution in [1.29, 1.82) is 0 Å². The molecule has 5 nitrogen and oxygen atoms in total. The Labute approximate surface area is 125 Å². The standard InChI is InChI=1S/C16H23NO4/c1-19-15(18)16(17,13-7-3-2-4-8-13)12-20-11-14-9-5-6-10-21-14/h2-4,7-8,14H,5-6,9-12,17H2,1H3. The molecule has 0 aromatic heterocycles. The average Bonchev–Trinajstić information content (AvgIpc) is 2.55. The van der Waals surface area contributed by atoms with Gasteiger partial charge in [-0.25, -0.2) is 4.79 Å². The second-order valence-corrected chi connectivity index (χ2v) is 5.33. The number of methoxy groups -OCH3 is 1. The van der Waals surface area contributed by atoms with Crippen LogP contribution in [0.25, 0.3) is 0 Å². The molecule has 1 heterocycles. The highest BCUT2D eigenvalue weighted by molar-refractivity contribution is 5.82. The van der Waals surface area contributed by atoms with Crippen LogP contribution >= 0.6 is 0 Å². The summed E-state index contributed by atoms with van der Waals surface area (Å²) in [6.07, 6.45) is 3.33. The van der Waals surface area contributed by atoms with Gasteiger partial charge in [-0.15, -0.1) is 0 Å². The Morgan fingerprint density at radius 3 is 2.76 bits per heavy atom. The highest BCUT2D eigenvalue weighted by Gasteiger charge is 2.38. The Morgan fingerprint density at radius 1 is 1.38 bits per heavy atom. The molecular weight excluding hydrogens is 270 g/mol. The van der Waals surface area contributed by atoms with Gasteiger partial charge < -0.3 is 19.9 Å². The number of benzene rings is 1. The summed E-state index contributed by atoms with van der Waals surface area (Å²) in [6, 6.07) is 9.15. The van der Waals surface area contributed by atoms with Crippen LogP contribution < -0.4 is 5.73 Å². The van der Waals surface area contributed by atoms with Crippen molar-refractivity contribution in [3.05, 3.63) is 35.9 Å². The number of rotatable bonds is 6. The summed E-state index contributed by atoms with van der Waals surface area (Å²) in [5.74, 6) is -0.502. The number of carbonyl (C=O) groups excluding carboxylic acids is 1. The first-order chi connectivity index (χ1) is 10.2. The van der Waals surface area contributed by atoms with Gasteiger partial charge >= 0.3 is 5.97 Å². The molecule has 5 heteroatoms. The largest absolute Gasteiger partial charge is 0.467 e. The molecule has 1 aromatic rings. The van der Waals surface area contributed by atoms with Crippen molar-refractivity contribution >= 4 is 5.97 Å². The van der Waals surface area contributed by atoms with Crippen molar-refractivity contribution in [3.8, 4) is 0 Å². The second kappa shape index (κ2) is 7.54. The van der Waals surface area contributed by atoms with Crippen LogP contribution in [-0.2, 0) is 24.5 Å². The molecule has 1 aliphatic heterocycles. The molecule has 2 unspecified atom stereocenters. The number of carbonyl (C=O) groups is 1. The topological polar surface area (TPSA) is 70.8 Å². The van der Waals surface area contributed by atoms with E-state index in [1.165, 1.54) is 7.11 Å². The first-order valence-corrected chi connectivity index (χ1v) is 7.29. The van der Waals surface area contributed by atoms with Crippen LogP contribution in [0.15, 0.2) is 30.3 Å². The van der Waals surface area contributed by atoms with Crippen LogP contribution in [0.1, 0.15) is 24.8 Å². The van der Waals surface area contributed by atoms with E-state index >= 15 is 0 Å². The Balaban J connectivity index is 1.98. The van der Waals surface area contributed by atoms with Gasteiger partial charge in [0.25, 0.3) is 0 Å². The molecule has 2 atom stereocenters. The second-order valence-electron chi connectivity index (χ2n) is 5.33. The molecule has 1 aliphatic rings. The fraction of sp³-hybridized carbons (Fsp3) is 0.562. The molecule has 2 N–H and O–H groups in total. The van der Waals surface area contributed by atoms with Crippen LogP contribution in [0.4, 0.5) is 0 Å². The minimum Gasteiger partial charge on any atom is -0.467 e. The Bertz CT molecular complexity index is 445. The molecule has 0 amide bonds. The maximum absolute atomic E-state index is 12.1. The van der Waals surface area contributed by atoms with E-state index in [1.807, 2.05) is 18.2 Å². The van der Waals surface area contributed by atoms with E-state index in [0.717, 1.165) is 25.9 Å². The minimum absolute atomic E-state index is 0.0730. The SMILES string of the molecule is COC(=O)C(N)(COCC1CCCCO1)c1ccccc1. The van der Waals surface area contributed by atoms with Crippen molar-refractivity contribution in [2.45, 2.75) is 30.9 Å². The summed E-state index contributed by atoms with van der Waals surface area (Å²) < 4.78 is 16.1. The van der Waals surface area contributed by atoms with Crippen LogP contribution in [0.3, 0.4) is 0 Å². The predicted molar refractivity (Wildman–Crippen MR) is 78.7 cm³/mol. The highest BCUT2D eigenvalue weighted by Crippen LogP contribution is 2.21. The normalized spacial score (nSPS) is 21.5. The van der Waals surface area contributed by atoms with Gasteiger partial charge in [-0.2, -0.15) is 0 Å². The van der Waals surface area contributed by atoms with E-state index in [4.69, 9.17) is 19.9 Å². The molecule has 0 saturated carbocycles. The van der Waals surface area contributed by atoms with Gasteiger partial charge in [-0.05, 0) is 24.8 Å². The molecule has 0 bridgehead atoms. The Hall–Kier alpha value is -1.43. The molecule has 116 valence electrons. The summed E-state index contributed by atoms with van der Waals surface area (Å²) in [4.78, 5) is 12.1. The van der Waals surface area contributed by atoms with Crippen LogP contribution in [0.2, 0.25) is 0 Å². The van der Waals surface area contributed by atoms with E-state index < -0.39 is 11.5 Å². The summed E-state index contributed by atoms with van der Waals surface area (Å²) in [5.41, 5.74) is 5.64. The van der Waals surface area contributed by atoms with E-state index in [-0.39, 0.29) is 12.7 Å². The third kappa shape index (κ3) is 4.03. The first-order valence-electron chi connectivity index (χ1n) is 7.29. The van der Waals surface area contributed by atoms with Crippen LogP contribution in [-0.4, -0.2) is 39.0 Å². The van der Waals surface area contributed by atoms with E-state index in [0.29, 0.717) is 12.2 Å². The summed E-state index contributed by atoms with van der Waals surface area (Å²) in [7, 11) is 1.33. The number of esters is 1. The molecule has 0 spiro atoms. The van der Waals surface area contributed by atoms with Gasteiger partial charge in [0.15, 0.2) is 5.54 Å². The van der Waals surface area contributed by atoms with Gasteiger partial charge in [0.2, 0.25) is 0 Å². The Kier molecular flexibility index (Phi) is 5.73. The molecule has 2 rings (SSSR count). The monoisotopic (exact) mass is 293 g/mol. The Morgan fingerprint density at radius 2 is 2.14 bits per heavy atom. The van der Waals surface area contributed by atoms with Crippen molar-refractivity contribution in [2.75, 3.05) is 26.9 Å². The van der Waals surface area contributed by atoms with Crippen molar-refractivity contribution in [2.24, 2.45) is 5.73 Å². The zero-order valence-corrected chi connectivity index (χ0v) is 12.4. The predicted octanol–water partition coefficient (Wildman–Crippen LogP) is 1.60. The lowest BCUT2D eigenvalue weighted by atomic mass is 9.92. The number of ether oxygens (including phenoxy) is 3.